The maximum absolute atomic E-state index is 9.50. The first-order valence-electron chi connectivity index (χ1n) is 9.30. The summed E-state index contributed by atoms with van der Waals surface area (Å²) in [5.74, 6) is 1.36. The van der Waals surface area contributed by atoms with Crippen LogP contribution in [0.25, 0.3) is 0 Å². The zero-order valence-electron chi connectivity index (χ0n) is 15.4. The highest BCUT2D eigenvalue weighted by molar-refractivity contribution is 5.48. The van der Waals surface area contributed by atoms with E-state index in [2.05, 4.69) is 50.1 Å². The summed E-state index contributed by atoms with van der Waals surface area (Å²) in [6.45, 7) is 3.93. The quantitative estimate of drug-likeness (QED) is 0.781. The number of hydrogen-bond donors (Lipinski definition) is 1. The van der Waals surface area contributed by atoms with Gasteiger partial charge < -0.3 is 14.7 Å². The Morgan fingerprint density at radius 3 is 2.73 bits per heavy atom. The fraction of sp³-hybridized carbons (Fsp3) is 0.500. The van der Waals surface area contributed by atoms with Gasteiger partial charge in [-0.25, -0.2) is 9.97 Å². The predicted molar refractivity (Wildman–Crippen MR) is 103 cm³/mol. The van der Waals surface area contributed by atoms with Gasteiger partial charge >= 0.3 is 0 Å². The lowest BCUT2D eigenvalue weighted by Crippen LogP contribution is -2.54. The first kappa shape index (κ1) is 18.6. The van der Waals surface area contributed by atoms with Crippen molar-refractivity contribution in [2.75, 3.05) is 44.8 Å². The number of rotatable bonds is 8. The number of aryl methyl sites for hydroxylation is 1. The zero-order chi connectivity index (χ0) is 18.2. The Balaban J connectivity index is 1.59. The monoisotopic (exact) mass is 356 g/mol. The van der Waals surface area contributed by atoms with Gasteiger partial charge in [-0.1, -0.05) is 30.3 Å². The minimum absolute atomic E-state index is 0.200. The molecule has 1 saturated heterocycles. The van der Waals surface area contributed by atoms with Gasteiger partial charge in [0, 0.05) is 44.7 Å². The molecule has 6 heteroatoms. The molecule has 0 amide bonds. The summed E-state index contributed by atoms with van der Waals surface area (Å²) in [4.78, 5) is 13.4. The number of anilines is 1. The number of benzene rings is 1. The van der Waals surface area contributed by atoms with Gasteiger partial charge in [-0.05, 0) is 31.4 Å². The molecule has 1 aliphatic heterocycles. The lowest BCUT2D eigenvalue weighted by Gasteiger charge is -2.42. The smallest absolute Gasteiger partial charge is 0.257 e. The highest BCUT2D eigenvalue weighted by atomic mass is 16.5. The first-order chi connectivity index (χ1) is 12.8. The Morgan fingerprint density at radius 2 is 1.96 bits per heavy atom. The van der Waals surface area contributed by atoms with Crippen molar-refractivity contribution in [1.29, 1.82) is 0 Å². The van der Waals surface area contributed by atoms with Gasteiger partial charge in [-0.15, -0.1) is 0 Å². The van der Waals surface area contributed by atoms with Gasteiger partial charge in [0.15, 0.2) is 5.82 Å². The normalized spacial score (nSPS) is 18.1. The molecular weight excluding hydrogens is 328 g/mol. The highest BCUT2D eigenvalue weighted by Crippen LogP contribution is 2.25. The van der Waals surface area contributed by atoms with E-state index >= 15 is 0 Å². The summed E-state index contributed by atoms with van der Waals surface area (Å²) in [5, 5.41) is 9.50. The molecule has 2 heterocycles. The molecule has 1 aliphatic rings. The Hall–Kier alpha value is -2.18. The van der Waals surface area contributed by atoms with Gasteiger partial charge in [-0.2, -0.15) is 0 Å². The molecule has 0 aliphatic carbocycles. The Bertz CT molecular complexity index is 668. The van der Waals surface area contributed by atoms with E-state index in [1.165, 1.54) is 5.56 Å². The molecule has 0 radical (unpaired) electrons. The summed E-state index contributed by atoms with van der Waals surface area (Å²) in [6, 6.07) is 10.9. The van der Waals surface area contributed by atoms with Crippen molar-refractivity contribution in [3.63, 3.8) is 0 Å². The molecule has 0 spiro atoms. The van der Waals surface area contributed by atoms with Crippen molar-refractivity contribution >= 4 is 5.82 Å². The number of piperazine rings is 1. The number of aliphatic hydroxyl groups excluding tert-OH is 1. The van der Waals surface area contributed by atoms with E-state index in [0.29, 0.717) is 11.9 Å². The second kappa shape index (κ2) is 9.50. The molecule has 1 aromatic heterocycles. The van der Waals surface area contributed by atoms with Gasteiger partial charge in [0.2, 0.25) is 0 Å². The maximum Gasteiger partial charge on any atom is 0.257 e. The lowest BCUT2D eigenvalue weighted by atomic mass is 10.1. The van der Waals surface area contributed by atoms with Crippen LogP contribution >= 0.6 is 0 Å². The number of hydrogen-bond acceptors (Lipinski definition) is 6. The predicted octanol–water partition coefficient (Wildman–Crippen LogP) is 1.99. The summed E-state index contributed by atoms with van der Waals surface area (Å²) in [6.07, 6.45) is 6.33. The van der Waals surface area contributed by atoms with Crippen LogP contribution in [0.1, 0.15) is 18.4 Å². The van der Waals surface area contributed by atoms with E-state index in [9.17, 15) is 5.11 Å². The lowest BCUT2D eigenvalue weighted by molar-refractivity contribution is 0.140. The molecule has 2 aromatic rings. The number of methoxy groups -OCH3 is 1. The first-order valence-corrected chi connectivity index (χ1v) is 9.30. The third-order valence-corrected chi connectivity index (χ3v) is 4.96. The molecule has 1 N–H and O–H groups in total. The molecule has 6 nitrogen and oxygen atoms in total. The third-order valence-electron chi connectivity index (χ3n) is 4.96. The molecule has 0 unspecified atom stereocenters. The van der Waals surface area contributed by atoms with E-state index in [-0.39, 0.29) is 6.61 Å². The van der Waals surface area contributed by atoms with Crippen LogP contribution in [0.3, 0.4) is 0 Å². The van der Waals surface area contributed by atoms with Gasteiger partial charge in [-0.3, -0.25) is 4.90 Å². The van der Waals surface area contributed by atoms with Crippen LogP contribution in [0.5, 0.6) is 5.88 Å². The van der Waals surface area contributed by atoms with Crippen LogP contribution in [0.2, 0.25) is 0 Å². The van der Waals surface area contributed by atoms with Crippen molar-refractivity contribution in [2.24, 2.45) is 0 Å². The SMILES string of the molecule is COc1nccnc1N1CCN(CCCc2ccccc2)[C@H](CCO)C1. The number of aliphatic hydroxyl groups is 1. The van der Waals surface area contributed by atoms with Crippen LogP contribution < -0.4 is 9.64 Å². The minimum atomic E-state index is 0.200. The molecule has 1 aromatic carbocycles. The van der Waals surface area contributed by atoms with E-state index in [0.717, 1.165) is 51.3 Å². The minimum Gasteiger partial charge on any atom is -0.478 e. The van der Waals surface area contributed by atoms with E-state index in [1.807, 2.05) is 0 Å². The largest absolute Gasteiger partial charge is 0.478 e. The van der Waals surface area contributed by atoms with Crippen molar-refractivity contribution in [1.82, 2.24) is 14.9 Å². The number of ether oxygens (including phenoxy) is 1. The van der Waals surface area contributed by atoms with Crippen molar-refractivity contribution in [3.05, 3.63) is 48.3 Å². The summed E-state index contributed by atoms with van der Waals surface area (Å²) in [5.41, 5.74) is 1.38. The van der Waals surface area contributed by atoms with Crippen molar-refractivity contribution in [2.45, 2.75) is 25.3 Å². The highest BCUT2D eigenvalue weighted by Gasteiger charge is 2.28. The Kier molecular flexibility index (Phi) is 6.80. The van der Waals surface area contributed by atoms with E-state index < -0.39 is 0 Å². The Labute approximate surface area is 155 Å². The van der Waals surface area contributed by atoms with Gasteiger partial charge in [0.25, 0.3) is 5.88 Å². The topological polar surface area (TPSA) is 61.7 Å². The molecule has 3 rings (SSSR count). The van der Waals surface area contributed by atoms with Crippen molar-refractivity contribution < 1.29 is 9.84 Å². The zero-order valence-corrected chi connectivity index (χ0v) is 15.4. The van der Waals surface area contributed by atoms with Crippen LogP contribution in [0.15, 0.2) is 42.7 Å². The van der Waals surface area contributed by atoms with Crippen LogP contribution in [-0.2, 0) is 6.42 Å². The molecule has 1 atom stereocenters. The molecule has 0 bridgehead atoms. The Morgan fingerprint density at radius 1 is 1.15 bits per heavy atom. The molecular formula is C20H28N4O2. The number of aromatic nitrogens is 2. The second-order valence-electron chi connectivity index (χ2n) is 6.63. The fourth-order valence-corrected chi connectivity index (χ4v) is 3.61. The van der Waals surface area contributed by atoms with E-state index in [4.69, 9.17) is 4.74 Å². The summed E-state index contributed by atoms with van der Waals surface area (Å²) in [7, 11) is 1.62. The summed E-state index contributed by atoms with van der Waals surface area (Å²) >= 11 is 0. The average molecular weight is 356 g/mol. The molecule has 0 saturated carbocycles. The molecule has 26 heavy (non-hydrogen) atoms. The van der Waals surface area contributed by atoms with Gasteiger partial charge in [0.1, 0.15) is 0 Å². The van der Waals surface area contributed by atoms with E-state index in [1.54, 1.807) is 19.5 Å². The maximum atomic E-state index is 9.50. The fourth-order valence-electron chi connectivity index (χ4n) is 3.61. The molecule has 1 fully saturated rings. The van der Waals surface area contributed by atoms with Crippen LogP contribution in [0, 0.1) is 0 Å². The van der Waals surface area contributed by atoms with Crippen molar-refractivity contribution in [3.8, 4) is 5.88 Å². The standard InChI is InChI=1S/C20H28N4O2/c1-26-20-19(21-10-11-22-20)24-14-13-23(18(16-24)9-15-25)12-5-8-17-6-3-2-4-7-17/h2-4,6-7,10-11,18,25H,5,8-9,12-16H2,1H3/t18-/m1/s1. The van der Waals surface area contributed by atoms with Crippen LogP contribution in [-0.4, -0.2) is 65.9 Å². The summed E-state index contributed by atoms with van der Waals surface area (Å²) < 4.78 is 5.36. The molecule has 140 valence electrons. The number of nitrogens with zero attached hydrogens (tertiary/aromatic N) is 4. The van der Waals surface area contributed by atoms with Gasteiger partial charge in [0.05, 0.1) is 7.11 Å². The van der Waals surface area contributed by atoms with Crippen LogP contribution in [0.4, 0.5) is 5.82 Å². The third kappa shape index (κ3) is 4.71. The average Bonchev–Trinajstić information content (AvgIpc) is 2.70. The second-order valence-corrected chi connectivity index (χ2v) is 6.63.